The summed E-state index contributed by atoms with van der Waals surface area (Å²) >= 11 is 0. The predicted octanol–water partition coefficient (Wildman–Crippen LogP) is 4.06. The normalized spacial score (nSPS) is 12.8. The van der Waals surface area contributed by atoms with Gasteiger partial charge in [-0.2, -0.15) is 0 Å². The van der Waals surface area contributed by atoms with Gasteiger partial charge < -0.3 is 10.2 Å². The van der Waals surface area contributed by atoms with Crippen molar-refractivity contribution in [3.05, 3.63) is 66.5 Å². The lowest BCUT2D eigenvalue weighted by Gasteiger charge is -2.08. The van der Waals surface area contributed by atoms with Crippen LogP contribution in [0, 0.1) is 0 Å². The molecule has 0 amide bonds. The Balaban J connectivity index is 1.63. The van der Waals surface area contributed by atoms with Crippen molar-refractivity contribution >= 4 is 9.84 Å². The van der Waals surface area contributed by atoms with E-state index >= 15 is 0 Å². The summed E-state index contributed by atoms with van der Waals surface area (Å²) < 4.78 is 30.5. The number of hydrogen-bond donors (Lipinski definition) is 1. The molecule has 4 aromatic rings. The molecule has 0 aliphatic carbocycles. The van der Waals surface area contributed by atoms with Crippen molar-refractivity contribution in [3.8, 4) is 34.3 Å². The van der Waals surface area contributed by atoms with Gasteiger partial charge >= 0.3 is 0 Å². The van der Waals surface area contributed by atoms with E-state index in [-0.39, 0.29) is 16.8 Å². The van der Waals surface area contributed by atoms with Crippen LogP contribution in [0.2, 0.25) is 0 Å². The number of benzene rings is 2. The fraction of sp³-hybridized carbons (Fsp3) is 0.217. The molecule has 0 spiro atoms. The Morgan fingerprint density at radius 3 is 2.25 bits per heavy atom. The Kier molecular flexibility index (Phi) is 5.86. The lowest BCUT2D eigenvalue weighted by molar-refractivity contribution is 0.581. The first-order valence-corrected chi connectivity index (χ1v) is 11.7. The Bertz CT molecular complexity index is 1350. The molecule has 0 bridgehead atoms. The van der Waals surface area contributed by atoms with E-state index < -0.39 is 15.1 Å². The van der Waals surface area contributed by atoms with Gasteiger partial charge in [-0.15, -0.1) is 10.2 Å². The van der Waals surface area contributed by atoms with E-state index in [1.165, 1.54) is 6.20 Å². The van der Waals surface area contributed by atoms with Crippen molar-refractivity contribution in [3.63, 3.8) is 0 Å². The number of nitrogens with zero attached hydrogens (tertiary/aromatic N) is 4. The highest BCUT2D eigenvalue weighted by Gasteiger charge is 2.19. The minimum atomic E-state index is -3.34. The lowest BCUT2D eigenvalue weighted by atomic mass is 10.1. The zero-order chi connectivity index (χ0) is 22.9. The van der Waals surface area contributed by atoms with Crippen LogP contribution in [-0.2, 0) is 9.84 Å². The van der Waals surface area contributed by atoms with Crippen LogP contribution in [0.15, 0.2) is 70.2 Å². The van der Waals surface area contributed by atoms with E-state index in [0.717, 1.165) is 16.7 Å². The van der Waals surface area contributed by atoms with Crippen LogP contribution in [0.5, 0.6) is 0 Å². The van der Waals surface area contributed by atoms with E-state index in [0.29, 0.717) is 17.3 Å². The molecular weight excluding hydrogens is 426 g/mol. The van der Waals surface area contributed by atoms with Crippen molar-refractivity contribution in [1.29, 1.82) is 0 Å². The molecule has 0 aliphatic heterocycles. The zero-order valence-electron chi connectivity index (χ0n) is 17.9. The summed E-state index contributed by atoms with van der Waals surface area (Å²) in [7, 11) is -3.34. The molecular formula is C23H23N5O3S. The van der Waals surface area contributed by atoms with Gasteiger partial charge in [0.15, 0.2) is 9.84 Å². The Morgan fingerprint density at radius 1 is 0.875 bits per heavy atom. The molecule has 2 aromatic heterocycles. The molecule has 1 unspecified atom stereocenters. The Labute approximate surface area is 186 Å². The van der Waals surface area contributed by atoms with Gasteiger partial charge in [-0.3, -0.25) is 4.98 Å². The van der Waals surface area contributed by atoms with Gasteiger partial charge in [0.05, 0.1) is 28.2 Å². The molecule has 2 heterocycles. The smallest absolute Gasteiger partial charge is 0.268 e. The summed E-state index contributed by atoms with van der Waals surface area (Å²) in [6.45, 7) is 5.22. The minimum Gasteiger partial charge on any atom is -0.415 e. The summed E-state index contributed by atoms with van der Waals surface area (Å²) in [5.41, 5.74) is 9.40. The fourth-order valence-electron chi connectivity index (χ4n) is 3.09. The second kappa shape index (κ2) is 8.60. The van der Waals surface area contributed by atoms with Gasteiger partial charge in [0.1, 0.15) is 5.69 Å². The highest BCUT2D eigenvalue weighted by atomic mass is 32.2. The predicted molar refractivity (Wildman–Crippen MR) is 121 cm³/mol. The van der Waals surface area contributed by atoms with Crippen LogP contribution in [0.3, 0.4) is 0 Å². The summed E-state index contributed by atoms with van der Waals surface area (Å²) in [5, 5.41) is 7.75. The third kappa shape index (κ3) is 4.30. The molecule has 0 saturated carbocycles. The molecule has 8 nitrogen and oxygen atoms in total. The van der Waals surface area contributed by atoms with Crippen LogP contribution >= 0.6 is 0 Å². The number of rotatable bonds is 6. The number of nitrogens with two attached hydrogens (primary N) is 1. The van der Waals surface area contributed by atoms with Gasteiger partial charge in [0, 0.05) is 17.2 Å². The molecule has 2 aromatic carbocycles. The molecule has 4 rings (SSSR count). The summed E-state index contributed by atoms with van der Waals surface area (Å²) in [5.74, 6) is 0.595. The molecule has 9 heteroatoms. The summed E-state index contributed by atoms with van der Waals surface area (Å²) in [6, 6.07) is 14.1. The minimum absolute atomic E-state index is 0.109. The first-order chi connectivity index (χ1) is 15.3. The maximum Gasteiger partial charge on any atom is 0.268 e. The van der Waals surface area contributed by atoms with Crippen molar-refractivity contribution in [1.82, 2.24) is 20.2 Å². The van der Waals surface area contributed by atoms with Crippen molar-refractivity contribution < 1.29 is 12.8 Å². The van der Waals surface area contributed by atoms with Crippen LogP contribution in [0.25, 0.3) is 34.3 Å². The number of sulfone groups is 1. The Hall–Kier alpha value is -3.43. The lowest BCUT2D eigenvalue weighted by Crippen LogP contribution is -2.13. The SMILES string of the molecule is CC(N)c1cccc(-c2nnc(-c3cncc(-c4ccc(S(=O)(=O)C(C)C)cc4)n3)o2)c1. The fourth-order valence-corrected chi connectivity index (χ4v) is 4.15. The molecule has 0 saturated heterocycles. The molecule has 0 radical (unpaired) electrons. The van der Waals surface area contributed by atoms with Crippen molar-refractivity contribution in [2.75, 3.05) is 0 Å². The third-order valence-corrected chi connectivity index (χ3v) is 7.21. The summed E-state index contributed by atoms with van der Waals surface area (Å²) in [6.07, 6.45) is 3.13. The average molecular weight is 450 g/mol. The highest BCUT2D eigenvalue weighted by Crippen LogP contribution is 2.27. The zero-order valence-corrected chi connectivity index (χ0v) is 18.7. The molecule has 32 heavy (non-hydrogen) atoms. The number of aromatic nitrogens is 4. The largest absolute Gasteiger partial charge is 0.415 e. The van der Waals surface area contributed by atoms with Gasteiger partial charge in [-0.1, -0.05) is 24.3 Å². The van der Waals surface area contributed by atoms with Gasteiger partial charge in [0.25, 0.3) is 5.89 Å². The average Bonchev–Trinajstić information content (AvgIpc) is 3.30. The van der Waals surface area contributed by atoms with Gasteiger partial charge in [-0.05, 0) is 50.6 Å². The van der Waals surface area contributed by atoms with Gasteiger partial charge in [-0.25, -0.2) is 13.4 Å². The van der Waals surface area contributed by atoms with E-state index in [1.807, 2.05) is 31.2 Å². The highest BCUT2D eigenvalue weighted by molar-refractivity contribution is 7.92. The van der Waals surface area contributed by atoms with Crippen molar-refractivity contribution in [2.45, 2.75) is 37.0 Å². The van der Waals surface area contributed by atoms with Crippen LogP contribution in [0.4, 0.5) is 0 Å². The van der Waals surface area contributed by atoms with Crippen LogP contribution in [-0.4, -0.2) is 33.8 Å². The van der Waals surface area contributed by atoms with E-state index in [2.05, 4.69) is 20.2 Å². The van der Waals surface area contributed by atoms with Crippen LogP contribution in [0.1, 0.15) is 32.4 Å². The van der Waals surface area contributed by atoms with E-state index in [4.69, 9.17) is 10.2 Å². The molecule has 2 N–H and O–H groups in total. The standard InChI is InChI=1S/C23H23N5O3S/c1-14(2)32(29,30)19-9-7-16(8-10-19)20-12-25-13-21(26-20)23-28-27-22(31-23)18-6-4-5-17(11-18)15(3)24/h4-15H,24H2,1-3H3. The van der Waals surface area contributed by atoms with Crippen molar-refractivity contribution in [2.24, 2.45) is 5.73 Å². The molecule has 0 fully saturated rings. The number of hydrogen-bond acceptors (Lipinski definition) is 8. The van der Waals surface area contributed by atoms with E-state index in [1.54, 1.807) is 44.3 Å². The monoisotopic (exact) mass is 449 g/mol. The van der Waals surface area contributed by atoms with E-state index in [9.17, 15) is 8.42 Å². The Morgan fingerprint density at radius 2 is 1.56 bits per heavy atom. The second-order valence-corrected chi connectivity index (χ2v) is 10.2. The maximum atomic E-state index is 12.3. The maximum absolute atomic E-state index is 12.3. The summed E-state index contributed by atoms with van der Waals surface area (Å²) in [4.78, 5) is 9.07. The van der Waals surface area contributed by atoms with Crippen LogP contribution < -0.4 is 5.73 Å². The van der Waals surface area contributed by atoms with Gasteiger partial charge in [0.2, 0.25) is 5.89 Å². The molecule has 1 atom stereocenters. The first kappa shape index (κ1) is 21.8. The first-order valence-electron chi connectivity index (χ1n) is 10.1. The third-order valence-electron chi connectivity index (χ3n) is 5.04. The quantitative estimate of drug-likeness (QED) is 0.467. The molecule has 164 valence electrons. The molecule has 0 aliphatic rings. The second-order valence-electron chi connectivity index (χ2n) is 7.73. The topological polar surface area (TPSA) is 125 Å².